The van der Waals surface area contributed by atoms with Crippen LogP contribution in [0.3, 0.4) is 0 Å². The number of halogens is 2. The van der Waals surface area contributed by atoms with Gasteiger partial charge in [0.05, 0.1) is 14.2 Å². The Kier molecular flexibility index (Phi) is 4.75. The summed E-state index contributed by atoms with van der Waals surface area (Å²) in [5.41, 5.74) is 7.03. The zero-order valence-corrected chi connectivity index (χ0v) is 11.9. The Morgan fingerprint density at radius 1 is 1.10 bits per heavy atom. The molecule has 2 N–H and O–H groups in total. The summed E-state index contributed by atoms with van der Waals surface area (Å²) in [6, 6.07) is 8.74. The topological polar surface area (TPSA) is 44.5 Å². The molecule has 112 valence electrons. The summed E-state index contributed by atoms with van der Waals surface area (Å²) in [7, 11) is 3.07. The van der Waals surface area contributed by atoms with Gasteiger partial charge in [0.25, 0.3) is 0 Å². The summed E-state index contributed by atoms with van der Waals surface area (Å²) in [6.07, 6.45) is 0.160. The fraction of sp³-hybridized carbons (Fsp3) is 0.250. The Hall–Kier alpha value is -2.14. The normalized spacial score (nSPS) is 12.0. The maximum Gasteiger partial charge on any atom is 0.162 e. The van der Waals surface area contributed by atoms with Crippen LogP contribution in [0, 0.1) is 11.6 Å². The molecular weight excluding hydrogens is 276 g/mol. The third-order valence-electron chi connectivity index (χ3n) is 3.31. The highest BCUT2D eigenvalue weighted by Gasteiger charge is 2.17. The highest BCUT2D eigenvalue weighted by Crippen LogP contribution is 2.30. The smallest absolute Gasteiger partial charge is 0.162 e. The van der Waals surface area contributed by atoms with E-state index in [4.69, 9.17) is 15.2 Å². The summed E-state index contributed by atoms with van der Waals surface area (Å²) in [5, 5.41) is 0. The lowest BCUT2D eigenvalue weighted by molar-refractivity contribution is 0.394. The van der Waals surface area contributed by atoms with E-state index in [0.717, 1.165) is 6.07 Å². The SMILES string of the molecule is COc1ccc(OC)c(C(N)Cc2cccc(F)c2F)c1. The van der Waals surface area contributed by atoms with Gasteiger partial charge in [-0.1, -0.05) is 12.1 Å². The zero-order valence-electron chi connectivity index (χ0n) is 11.9. The van der Waals surface area contributed by atoms with Gasteiger partial charge in [-0.15, -0.1) is 0 Å². The van der Waals surface area contributed by atoms with Gasteiger partial charge in [-0.2, -0.15) is 0 Å². The van der Waals surface area contributed by atoms with Gasteiger partial charge in [-0.25, -0.2) is 8.78 Å². The van der Waals surface area contributed by atoms with Crippen LogP contribution in [0.1, 0.15) is 17.2 Å². The van der Waals surface area contributed by atoms with Gasteiger partial charge in [0.1, 0.15) is 11.5 Å². The summed E-state index contributed by atoms with van der Waals surface area (Å²) in [4.78, 5) is 0. The molecule has 0 spiro atoms. The molecule has 2 rings (SSSR count). The second-order valence-electron chi connectivity index (χ2n) is 4.63. The third kappa shape index (κ3) is 3.31. The lowest BCUT2D eigenvalue weighted by Gasteiger charge is -2.17. The maximum absolute atomic E-state index is 13.7. The number of nitrogens with two attached hydrogens (primary N) is 1. The summed E-state index contributed by atoms with van der Waals surface area (Å²) in [6.45, 7) is 0. The van der Waals surface area contributed by atoms with Crippen LogP contribution in [-0.2, 0) is 6.42 Å². The number of benzene rings is 2. The monoisotopic (exact) mass is 293 g/mol. The molecule has 0 radical (unpaired) electrons. The molecule has 0 aliphatic carbocycles. The molecule has 0 aromatic heterocycles. The number of ether oxygens (including phenoxy) is 2. The van der Waals surface area contributed by atoms with Crippen LogP contribution in [0.4, 0.5) is 8.78 Å². The van der Waals surface area contributed by atoms with Crippen molar-refractivity contribution in [1.82, 2.24) is 0 Å². The molecule has 3 nitrogen and oxygen atoms in total. The Morgan fingerprint density at radius 3 is 2.52 bits per heavy atom. The number of hydrogen-bond acceptors (Lipinski definition) is 3. The molecule has 0 aliphatic heterocycles. The van der Waals surface area contributed by atoms with Gasteiger partial charge >= 0.3 is 0 Å². The molecule has 0 heterocycles. The zero-order chi connectivity index (χ0) is 15.4. The van der Waals surface area contributed by atoms with Crippen LogP contribution in [0.25, 0.3) is 0 Å². The average Bonchev–Trinajstić information content (AvgIpc) is 2.51. The average molecular weight is 293 g/mol. The van der Waals surface area contributed by atoms with E-state index in [9.17, 15) is 8.78 Å². The van der Waals surface area contributed by atoms with Crippen molar-refractivity contribution in [2.24, 2.45) is 5.73 Å². The van der Waals surface area contributed by atoms with E-state index < -0.39 is 17.7 Å². The second-order valence-corrected chi connectivity index (χ2v) is 4.63. The van der Waals surface area contributed by atoms with Gasteiger partial charge < -0.3 is 15.2 Å². The molecule has 2 aromatic carbocycles. The quantitative estimate of drug-likeness (QED) is 0.920. The molecule has 2 aromatic rings. The largest absolute Gasteiger partial charge is 0.497 e. The number of methoxy groups -OCH3 is 2. The predicted octanol–water partition coefficient (Wildman–Crippen LogP) is 3.22. The molecule has 0 amide bonds. The van der Waals surface area contributed by atoms with E-state index in [-0.39, 0.29) is 12.0 Å². The molecule has 0 saturated heterocycles. The maximum atomic E-state index is 13.7. The first kappa shape index (κ1) is 15.3. The van der Waals surface area contributed by atoms with Crippen molar-refractivity contribution in [2.45, 2.75) is 12.5 Å². The van der Waals surface area contributed by atoms with Gasteiger partial charge in [-0.05, 0) is 36.2 Å². The highest BCUT2D eigenvalue weighted by molar-refractivity contribution is 5.42. The Morgan fingerprint density at radius 2 is 1.86 bits per heavy atom. The van der Waals surface area contributed by atoms with E-state index in [1.54, 1.807) is 25.3 Å². The lowest BCUT2D eigenvalue weighted by Crippen LogP contribution is -2.15. The Labute approximate surface area is 122 Å². The fourth-order valence-corrected chi connectivity index (χ4v) is 2.18. The summed E-state index contributed by atoms with van der Waals surface area (Å²) in [5.74, 6) is -0.534. The van der Waals surface area contributed by atoms with Crippen molar-refractivity contribution in [2.75, 3.05) is 14.2 Å². The van der Waals surface area contributed by atoms with Crippen molar-refractivity contribution >= 4 is 0 Å². The molecule has 1 atom stereocenters. The molecule has 0 fully saturated rings. The number of rotatable bonds is 5. The van der Waals surface area contributed by atoms with Crippen molar-refractivity contribution in [3.63, 3.8) is 0 Å². The van der Waals surface area contributed by atoms with Crippen molar-refractivity contribution in [1.29, 1.82) is 0 Å². The molecule has 0 saturated carbocycles. The first-order chi connectivity index (χ1) is 10.1. The minimum Gasteiger partial charge on any atom is -0.497 e. The molecule has 21 heavy (non-hydrogen) atoms. The summed E-state index contributed by atoms with van der Waals surface area (Å²) < 4.78 is 37.4. The van der Waals surface area contributed by atoms with Gasteiger partial charge in [-0.3, -0.25) is 0 Å². The third-order valence-corrected chi connectivity index (χ3v) is 3.31. The van der Waals surface area contributed by atoms with E-state index >= 15 is 0 Å². The summed E-state index contributed by atoms with van der Waals surface area (Å²) >= 11 is 0. The fourth-order valence-electron chi connectivity index (χ4n) is 2.18. The van der Waals surface area contributed by atoms with Crippen LogP contribution >= 0.6 is 0 Å². The molecule has 1 unspecified atom stereocenters. The lowest BCUT2D eigenvalue weighted by atomic mass is 9.98. The highest BCUT2D eigenvalue weighted by atomic mass is 19.2. The molecule has 0 bridgehead atoms. The van der Waals surface area contributed by atoms with Crippen LogP contribution in [0.5, 0.6) is 11.5 Å². The van der Waals surface area contributed by atoms with E-state index in [0.29, 0.717) is 17.1 Å². The van der Waals surface area contributed by atoms with Crippen molar-refractivity contribution in [3.8, 4) is 11.5 Å². The van der Waals surface area contributed by atoms with E-state index in [1.165, 1.54) is 19.2 Å². The molecule has 0 aliphatic rings. The van der Waals surface area contributed by atoms with E-state index in [1.807, 2.05) is 0 Å². The standard InChI is InChI=1S/C16H17F2NO2/c1-20-11-6-7-15(21-2)12(9-11)14(19)8-10-4-3-5-13(17)16(10)18/h3-7,9,14H,8,19H2,1-2H3. The van der Waals surface area contributed by atoms with Crippen molar-refractivity contribution < 1.29 is 18.3 Å². The molecule has 5 heteroatoms. The van der Waals surface area contributed by atoms with Crippen LogP contribution < -0.4 is 15.2 Å². The Bertz CT molecular complexity index is 632. The number of hydrogen-bond donors (Lipinski definition) is 1. The van der Waals surface area contributed by atoms with Crippen LogP contribution in [0.2, 0.25) is 0 Å². The Balaban J connectivity index is 2.31. The minimum absolute atomic E-state index is 0.160. The van der Waals surface area contributed by atoms with Crippen LogP contribution in [-0.4, -0.2) is 14.2 Å². The van der Waals surface area contributed by atoms with Crippen molar-refractivity contribution in [3.05, 3.63) is 59.2 Å². The van der Waals surface area contributed by atoms with Gasteiger partial charge in [0.2, 0.25) is 0 Å². The van der Waals surface area contributed by atoms with Gasteiger partial charge in [0.15, 0.2) is 11.6 Å². The minimum atomic E-state index is -0.877. The first-order valence-electron chi connectivity index (χ1n) is 6.47. The van der Waals surface area contributed by atoms with Crippen LogP contribution in [0.15, 0.2) is 36.4 Å². The predicted molar refractivity (Wildman–Crippen MR) is 76.5 cm³/mol. The second kappa shape index (κ2) is 6.54. The first-order valence-corrected chi connectivity index (χ1v) is 6.47. The van der Waals surface area contributed by atoms with Gasteiger partial charge in [0, 0.05) is 11.6 Å². The molecular formula is C16H17F2NO2. The van der Waals surface area contributed by atoms with E-state index in [2.05, 4.69) is 0 Å².